The summed E-state index contributed by atoms with van der Waals surface area (Å²) in [6.07, 6.45) is 1.30. The first-order valence-corrected chi connectivity index (χ1v) is 10.1. The Balaban J connectivity index is 1.66. The van der Waals surface area contributed by atoms with Gasteiger partial charge >= 0.3 is 0 Å². The summed E-state index contributed by atoms with van der Waals surface area (Å²) in [6, 6.07) is 13.2. The highest BCUT2D eigenvalue weighted by Crippen LogP contribution is 2.37. The van der Waals surface area contributed by atoms with Crippen LogP contribution in [0.1, 0.15) is 30.3 Å². The van der Waals surface area contributed by atoms with Crippen LogP contribution in [0.15, 0.2) is 57.8 Å². The van der Waals surface area contributed by atoms with E-state index < -0.39 is 16.1 Å². The summed E-state index contributed by atoms with van der Waals surface area (Å²) in [5.74, 6) is 0.602. The third-order valence-corrected chi connectivity index (χ3v) is 6.64. The molecule has 2 heterocycles. The maximum Gasteiger partial charge on any atom is 0.247 e. The largest absolute Gasteiger partial charge is 0.508 e. The van der Waals surface area contributed by atoms with Gasteiger partial charge in [-0.1, -0.05) is 24.3 Å². The van der Waals surface area contributed by atoms with Crippen molar-refractivity contribution in [3.8, 4) is 17.2 Å². The number of phenols is 1. The summed E-state index contributed by atoms with van der Waals surface area (Å²) in [6.45, 7) is 2.08. The van der Waals surface area contributed by atoms with Crippen LogP contribution in [0.3, 0.4) is 0 Å². The van der Waals surface area contributed by atoms with Crippen LogP contribution in [0.4, 0.5) is 0 Å². The maximum atomic E-state index is 13.1. The lowest BCUT2D eigenvalue weighted by atomic mass is 10.2. The van der Waals surface area contributed by atoms with Crippen molar-refractivity contribution >= 4 is 10.0 Å². The number of nitrogens with zero attached hydrogens (tertiary/aromatic N) is 3. The molecule has 140 valence electrons. The zero-order valence-corrected chi connectivity index (χ0v) is 15.6. The van der Waals surface area contributed by atoms with Gasteiger partial charge in [0.25, 0.3) is 0 Å². The molecule has 27 heavy (non-hydrogen) atoms. The fourth-order valence-corrected chi connectivity index (χ4v) is 4.90. The van der Waals surface area contributed by atoms with Crippen LogP contribution < -0.4 is 0 Å². The van der Waals surface area contributed by atoms with E-state index in [0.717, 1.165) is 5.56 Å². The molecule has 1 aliphatic rings. The molecule has 1 aromatic heterocycles. The SMILES string of the molecule is Cc1ccc(S(=O)(=O)N2CCCC2c2nnc(-c3ccccc3)o2)cc1O. The smallest absolute Gasteiger partial charge is 0.247 e. The molecule has 4 rings (SSSR count). The first kappa shape index (κ1) is 17.7. The molecular weight excluding hydrogens is 366 g/mol. The second kappa shape index (κ2) is 6.79. The van der Waals surface area contributed by atoms with Gasteiger partial charge < -0.3 is 9.52 Å². The third-order valence-electron chi connectivity index (χ3n) is 4.74. The van der Waals surface area contributed by atoms with E-state index in [1.54, 1.807) is 13.0 Å². The number of phenolic OH excluding ortho intramolecular Hbond substituents is 1. The molecule has 0 amide bonds. The van der Waals surface area contributed by atoms with Crippen molar-refractivity contribution in [1.29, 1.82) is 0 Å². The highest BCUT2D eigenvalue weighted by atomic mass is 32.2. The van der Waals surface area contributed by atoms with Crippen molar-refractivity contribution in [3.63, 3.8) is 0 Å². The molecule has 0 spiro atoms. The number of hydrogen-bond acceptors (Lipinski definition) is 6. The average molecular weight is 385 g/mol. The summed E-state index contributed by atoms with van der Waals surface area (Å²) >= 11 is 0. The van der Waals surface area contributed by atoms with Crippen molar-refractivity contribution in [2.75, 3.05) is 6.54 Å². The highest BCUT2D eigenvalue weighted by molar-refractivity contribution is 7.89. The number of benzene rings is 2. The molecule has 8 heteroatoms. The Hall–Kier alpha value is -2.71. The Morgan fingerprint density at radius 1 is 1.15 bits per heavy atom. The van der Waals surface area contributed by atoms with Crippen LogP contribution in [-0.4, -0.2) is 34.6 Å². The zero-order valence-electron chi connectivity index (χ0n) is 14.7. The first-order valence-electron chi connectivity index (χ1n) is 8.67. The van der Waals surface area contributed by atoms with Crippen LogP contribution in [0.25, 0.3) is 11.5 Å². The van der Waals surface area contributed by atoms with E-state index in [-0.39, 0.29) is 16.5 Å². The van der Waals surface area contributed by atoms with E-state index in [1.165, 1.54) is 16.4 Å². The number of aromatic hydroxyl groups is 1. The van der Waals surface area contributed by atoms with Gasteiger partial charge in [0.05, 0.1) is 4.90 Å². The Morgan fingerprint density at radius 2 is 1.93 bits per heavy atom. The van der Waals surface area contributed by atoms with Crippen LogP contribution in [-0.2, 0) is 10.0 Å². The topological polar surface area (TPSA) is 96.5 Å². The Morgan fingerprint density at radius 3 is 2.67 bits per heavy atom. The average Bonchev–Trinajstić information content (AvgIpc) is 3.34. The molecule has 1 saturated heterocycles. The van der Waals surface area contributed by atoms with Crippen LogP contribution in [0, 0.1) is 6.92 Å². The number of hydrogen-bond donors (Lipinski definition) is 1. The van der Waals surface area contributed by atoms with Gasteiger partial charge in [0, 0.05) is 18.2 Å². The molecule has 0 saturated carbocycles. The van der Waals surface area contributed by atoms with E-state index in [4.69, 9.17) is 4.42 Å². The molecular formula is C19H19N3O4S. The van der Waals surface area contributed by atoms with E-state index in [0.29, 0.717) is 30.8 Å². The molecule has 7 nitrogen and oxygen atoms in total. The molecule has 0 aliphatic carbocycles. The van der Waals surface area contributed by atoms with Gasteiger partial charge in [0.2, 0.25) is 21.8 Å². The van der Waals surface area contributed by atoms with Gasteiger partial charge in [0.1, 0.15) is 11.8 Å². The predicted molar refractivity (Wildman–Crippen MR) is 98.4 cm³/mol. The van der Waals surface area contributed by atoms with Gasteiger partial charge in [-0.2, -0.15) is 4.31 Å². The Labute approximate surface area is 157 Å². The van der Waals surface area contributed by atoms with Crippen LogP contribution in [0.2, 0.25) is 0 Å². The summed E-state index contributed by atoms with van der Waals surface area (Å²) in [4.78, 5) is 0.0558. The van der Waals surface area contributed by atoms with Gasteiger partial charge in [0.15, 0.2) is 0 Å². The normalized spacial score (nSPS) is 18.0. The maximum absolute atomic E-state index is 13.1. The highest BCUT2D eigenvalue weighted by Gasteiger charge is 2.39. The summed E-state index contributed by atoms with van der Waals surface area (Å²) in [5, 5.41) is 18.1. The third kappa shape index (κ3) is 3.22. The molecule has 0 radical (unpaired) electrons. The number of aryl methyl sites for hydroxylation is 1. The molecule has 1 N–H and O–H groups in total. The van der Waals surface area contributed by atoms with Crippen molar-refractivity contribution < 1.29 is 17.9 Å². The minimum atomic E-state index is -3.79. The second-order valence-electron chi connectivity index (χ2n) is 6.53. The fraction of sp³-hybridized carbons (Fsp3) is 0.263. The van der Waals surface area contributed by atoms with Crippen molar-refractivity contribution in [2.45, 2.75) is 30.7 Å². The molecule has 1 unspecified atom stereocenters. The van der Waals surface area contributed by atoms with Crippen molar-refractivity contribution in [2.24, 2.45) is 0 Å². The summed E-state index contributed by atoms with van der Waals surface area (Å²) in [7, 11) is -3.79. The molecule has 1 atom stereocenters. The fourth-order valence-electron chi connectivity index (χ4n) is 3.23. The lowest BCUT2D eigenvalue weighted by molar-refractivity contribution is 0.332. The molecule has 1 fully saturated rings. The lowest BCUT2D eigenvalue weighted by Gasteiger charge is -2.21. The Bertz CT molecular complexity index is 1060. The minimum absolute atomic E-state index is 0.0454. The standard InChI is InChI=1S/C19H19N3O4S/c1-13-9-10-15(12-17(13)23)27(24,25)22-11-5-8-16(22)19-21-20-18(26-19)14-6-3-2-4-7-14/h2-4,6-7,9-10,12,16,23H,5,8,11H2,1H3. The van der Waals surface area contributed by atoms with Crippen LogP contribution >= 0.6 is 0 Å². The van der Waals surface area contributed by atoms with E-state index >= 15 is 0 Å². The molecule has 0 bridgehead atoms. The van der Waals surface area contributed by atoms with E-state index in [1.807, 2.05) is 30.3 Å². The molecule has 2 aromatic carbocycles. The van der Waals surface area contributed by atoms with Gasteiger partial charge in [-0.3, -0.25) is 0 Å². The number of rotatable bonds is 4. The van der Waals surface area contributed by atoms with Crippen molar-refractivity contribution in [3.05, 3.63) is 60.0 Å². The predicted octanol–water partition coefficient (Wildman–Crippen LogP) is 3.28. The zero-order chi connectivity index (χ0) is 19.0. The van der Waals surface area contributed by atoms with Gasteiger partial charge in [-0.15, -0.1) is 10.2 Å². The first-order chi connectivity index (χ1) is 13.0. The number of sulfonamides is 1. The summed E-state index contributed by atoms with van der Waals surface area (Å²) < 4.78 is 33.3. The van der Waals surface area contributed by atoms with Crippen LogP contribution in [0.5, 0.6) is 5.75 Å². The van der Waals surface area contributed by atoms with Gasteiger partial charge in [-0.05, 0) is 43.5 Å². The monoisotopic (exact) mass is 385 g/mol. The second-order valence-corrected chi connectivity index (χ2v) is 8.42. The quantitative estimate of drug-likeness (QED) is 0.740. The van der Waals surface area contributed by atoms with Crippen molar-refractivity contribution in [1.82, 2.24) is 14.5 Å². The number of aromatic nitrogens is 2. The Kier molecular flexibility index (Phi) is 4.45. The molecule has 3 aromatic rings. The molecule has 1 aliphatic heterocycles. The van der Waals surface area contributed by atoms with Gasteiger partial charge in [-0.25, -0.2) is 8.42 Å². The summed E-state index contributed by atoms with van der Waals surface area (Å²) in [5.41, 5.74) is 1.41. The van der Waals surface area contributed by atoms with E-state index in [2.05, 4.69) is 10.2 Å². The minimum Gasteiger partial charge on any atom is -0.508 e. The lowest BCUT2D eigenvalue weighted by Crippen LogP contribution is -2.30. The van der Waals surface area contributed by atoms with E-state index in [9.17, 15) is 13.5 Å².